The lowest BCUT2D eigenvalue weighted by molar-refractivity contribution is 0.290. The smallest absolute Gasteiger partial charge is 0.223 e. The van der Waals surface area contributed by atoms with Crippen molar-refractivity contribution in [3.8, 4) is 0 Å². The second-order valence-electron chi connectivity index (χ2n) is 4.73. The SMILES string of the molecule is CN(C)S(=O)(=O)N1CC(S(=O)(=O)c2ccc(F)cc2)C1. The summed E-state index contributed by atoms with van der Waals surface area (Å²) in [4.78, 5) is 0.00537. The Hall–Kier alpha value is -1.03. The Labute approximate surface area is 117 Å². The number of rotatable bonds is 4. The predicted octanol–water partition coefficient (Wildman–Crippen LogP) is 0.0900. The van der Waals surface area contributed by atoms with E-state index < -0.39 is 31.1 Å². The van der Waals surface area contributed by atoms with Crippen molar-refractivity contribution >= 4 is 20.0 Å². The lowest BCUT2D eigenvalue weighted by atomic mass is 10.3. The maximum Gasteiger partial charge on any atom is 0.281 e. The van der Waals surface area contributed by atoms with Gasteiger partial charge >= 0.3 is 0 Å². The summed E-state index contributed by atoms with van der Waals surface area (Å²) < 4.78 is 62.9. The van der Waals surface area contributed by atoms with Crippen LogP contribution in [0.1, 0.15) is 0 Å². The lowest BCUT2D eigenvalue weighted by Crippen LogP contribution is -2.59. The van der Waals surface area contributed by atoms with Gasteiger partial charge in [0.25, 0.3) is 10.2 Å². The number of hydrogen-bond acceptors (Lipinski definition) is 4. The van der Waals surface area contributed by atoms with Crippen molar-refractivity contribution in [1.82, 2.24) is 8.61 Å². The summed E-state index contributed by atoms with van der Waals surface area (Å²) in [5.74, 6) is -0.519. The standard InChI is InChI=1S/C11H15FN2O4S2/c1-13(2)20(17,18)14-7-11(8-14)19(15,16)10-5-3-9(12)4-6-10/h3-6,11H,7-8H2,1-2H3. The molecule has 6 nitrogen and oxygen atoms in total. The maximum absolute atomic E-state index is 12.8. The van der Waals surface area contributed by atoms with Gasteiger partial charge in [0.05, 0.1) is 10.1 Å². The van der Waals surface area contributed by atoms with Crippen molar-refractivity contribution in [2.75, 3.05) is 27.2 Å². The molecule has 1 aliphatic heterocycles. The van der Waals surface area contributed by atoms with Gasteiger partial charge in [-0.3, -0.25) is 0 Å². The number of benzene rings is 1. The second kappa shape index (κ2) is 5.06. The third-order valence-electron chi connectivity index (χ3n) is 3.18. The third-order valence-corrected chi connectivity index (χ3v) is 7.16. The minimum atomic E-state index is -3.63. The summed E-state index contributed by atoms with van der Waals surface area (Å²) >= 11 is 0. The molecule has 0 bridgehead atoms. The minimum Gasteiger partial charge on any atom is -0.223 e. The minimum absolute atomic E-state index is 0.00537. The third kappa shape index (κ3) is 2.58. The molecule has 20 heavy (non-hydrogen) atoms. The molecule has 0 unspecified atom stereocenters. The van der Waals surface area contributed by atoms with E-state index in [1.807, 2.05) is 0 Å². The monoisotopic (exact) mass is 322 g/mol. The van der Waals surface area contributed by atoms with E-state index in [1.165, 1.54) is 26.2 Å². The molecule has 1 fully saturated rings. The van der Waals surface area contributed by atoms with Gasteiger partial charge in [0.15, 0.2) is 9.84 Å². The van der Waals surface area contributed by atoms with Crippen LogP contribution in [0.25, 0.3) is 0 Å². The molecule has 0 saturated carbocycles. The first-order valence-electron chi connectivity index (χ1n) is 5.83. The molecule has 1 heterocycles. The van der Waals surface area contributed by atoms with Crippen LogP contribution in [0.4, 0.5) is 4.39 Å². The van der Waals surface area contributed by atoms with E-state index in [9.17, 15) is 21.2 Å². The molecule has 1 aliphatic rings. The molecular formula is C11H15FN2O4S2. The largest absolute Gasteiger partial charge is 0.281 e. The Morgan fingerprint density at radius 2 is 1.60 bits per heavy atom. The van der Waals surface area contributed by atoms with Crippen LogP contribution in [0.2, 0.25) is 0 Å². The highest BCUT2D eigenvalue weighted by atomic mass is 32.2. The van der Waals surface area contributed by atoms with Gasteiger partial charge in [0.2, 0.25) is 0 Å². The molecule has 0 aliphatic carbocycles. The van der Waals surface area contributed by atoms with Gasteiger partial charge in [-0.05, 0) is 24.3 Å². The first-order chi connectivity index (χ1) is 9.15. The molecule has 0 N–H and O–H groups in total. The molecule has 2 rings (SSSR count). The van der Waals surface area contributed by atoms with E-state index in [4.69, 9.17) is 0 Å². The molecule has 0 atom stereocenters. The summed E-state index contributed by atoms with van der Waals surface area (Å²) in [5, 5.41) is -0.789. The van der Waals surface area contributed by atoms with Gasteiger partial charge in [-0.2, -0.15) is 17.0 Å². The zero-order valence-corrected chi connectivity index (χ0v) is 12.7. The number of hydrogen-bond donors (Lipinski definition) is 0. The van der Waals surface area contributed by atoms with Crippen LogP contribution < -0.4 is 0 Å². The quantitative estimate of drug-likeness (QED) is 0.736. The molecule has 1 aromatic rings. The van der Waals surface area contributed by atoms with Gasteiger partial charge in [-0.25, -0.2) is 12.8 Å². The van der Waals surface area contributed by atoms with Crippen molar-refractivity contribution < 1.29 is 21.2 Å². The summed E-state index contributed by atoms with van der Waals surface area (Å²) in [6, 6.07) is 4.52. The highest BCUT2D eigenvalue weighted by molar-refractivity contribution is 7.92. The molecule has 0 spiro atoms. The van der Waals surface area contributed by atoms with E-state index in [-0.39, 0.29) is 18.0 Å². The molecule has 1 aromatic carbocycles. The summed E-state index contributed by atoms with van der Waals surface area (Å²) in [7, 11) is -4.44. The zero-order chi connectivity index (χ0) is 15.1. The van der Waals surface area contributed by atoms with E-state index in [1.54, 1.807) is 0 Å². The van der Waals surface area contributed by atoms with E-state index in [2.05, 4.69) is 0 Å². The highest BCUT2D eigenvalue weighted by Crippen LogP contribution is 2.26. The molecule has 0 aromatic heterocycles. The Kier molecular flexibility index (Phi) is 3.89. The first-order valence-corrected chi connectivity index (χ1v) is 8.77. The van der Waals surface area contributed by atoms with Crippen molar-refractivity contribution in [2.45, 2.75) is 10.1 Å². The van der Waals surface area contributed by atoms with Crippen LogP contribution in [0.15, 0.2) is 29.2 Å². The normalized spacial score (nSPS) is 18.2. The van der Waals surface area contributed by atoms with Crippen molar-refractivity contribution in [1.29, 1.82) is 0 Å². The maximum atomic E-state index is 12.8. The first kappa shape index (κ1) is 15.4. The lowest BCUT2D eigenvalue weighted by Gasteiger charge is -2.38. The summed E-state index contributed by atoms with van der Waals surface area (Å²) in [6.45, 7) is -0.166. The van der Waals surface area contributed by atoms with Crippen molar-refractivity contribution in [3.63, 3.8) is 0 Å². The fourth-order valence-corrected chi connectivity index (χ4v) is 4.87. The summed E-state index contributed by atoms with van der Waals surface area (Å²) in [5.41, 5.74) is 0. The Balaban J connectivity index is 2.15. The molecule has 0 radical (unpaired) electrons. The Bertz CT molecular complexity index is 692. The van der Waals surface area contributed by atoms with Crippen LogP contribution >= 0.6 is 0 Å². The predicted molar refractivity (Wildman–Crippen MR) is 71.6 cm³/mol. The van der Waals surface area contributed by atoms with Crippen LogP contribution in [0.3, 0.4) is 0 Å². The second-order valence-corrected chi connectivity index (χ2v) is 9.10. The fourth-order valence-electron chi connectivity index (χ4n) is 1.83. The van der Waals surface area contributed by atoms with Crippen LogP contribution in [0, 0.1) is 5.82 Å². The molecule has 0 amide bonds. The van der Waals surface area contributed by atoms with Gasteiger partial charge < -0.3 is 0 Å². The number of halogens is 1. The molecule has 112 valence electrons. The fraction of sp³-hybridized carbons (Fsp3) is 0.455. The topological polar surface area (TPSA) is 74.8 Å². The van der Waals surface area contributed by atoms with Crippen LogP contribution in [0.5, 0.6) is 0 Å². The van der Waals surface area contributed by atoms with Crippen molar-refractivity contribution in [3.05, 3.63) is 30.1 Å². The van der Waals surface area contributed by atoms with E-state index in [0.29, 0.717) is 0 Å². The average molecular weight is 322 g/mol. The van der Waals surface area contributed by atoms with E-state index >= 15 is 0 Å². The number of nitrogens with zero attached hydrogens (tertiary/aromatic N) is 2. The van der Waals surface area contributed by atoms with E-state index in [0.717, 1.165) is 20.7 Å². The summed E-state index contributed by atoms with van der Waals surface area (Å²) in [6.07, 6.45) is 0. The van der Waals surface area contributed by atoms with Gasteiger partial charge in [-0.1, -0.05) is 0 Å². The van der Waals surface area contributed by atoms with Crippen LogP contribution in [-0.4, -0.2) is 57.9 Å². The zero-order valence-electron chi connectivity index (χ0n) is 11.0. The van der Waals surface area contributed by atoms with Crippen LogP contribution in [-0.2, 0) is 20.0 Å². The molecule has 1 saturated heterocycles. The molecular weight excluding hydrogens is 307 g/mol. The Morgan fingerprint density at radius 3 is 2.05 bits per heavy atom. The average Bonchev–Trinajstić information content (AvgIpc) is 2.26. The van der Waals surface area contributed by atoms with Crippen molar-refractivity contribution in [2.24, 2.45) is 0 Å². The van der Waals surface area contributed by atoms with Gasteiger partial charge in [-0.15, -0.1) is 0 Å². The Morgan fingerprint density at radius 1 is 1.10 bits per heavy atom. The molecule has 9 heteroatoms. The van der Waals surface area contributed by atoms with Gasteiger partial charge in [0.1, 0.15) is 5.82 Å². The number of sulfone groups is 1. The highest BCUT2D eigenvalue weighted by Gasteiger charge is 2.44. The van der Waals surface area contributed by atoms with Gasteiger partial charge in [0, 0.05) is 27.2 Å².